The number of hydrogen-bond donors (Lipinski definition) is 2. The fraction of sp³-hybridized carbons (Fsp3) is 0.765. The molecule has 0 aromatic heterocycles. The molecule has 1 aliphatic rings. The van der Waals surface area contributed by atoms with Gasteiger partial charge in [0, 0.05) is 12.6 Å². The summed E-state index contributed by atoms with van der Waals surface area (Å²) < 4.78 is 10.9. The number of alkyl carbamates (subject to hydrolysis) is 1. The van der Waals surface area contributed by atoms with Crippen LogP contribution in [0.1, 0.15) is 53.4 Å². The van der Waals surface area contributed by atoms with Gasteiger partial charge in [0.2, 0.25) is 5.91 Å². The Kier molecular flexibility index (Phi) is 7.55. The van der Waals surface area contributed by atoms with E-state index in [-0.39, 0.29) is 30.8 Å². The quantitative estimate of drug-likeness (QED) is 0.735. The first kappa shape index (κ1) is 19.5. The molecule has 0 aromatic carbocycles. The minimum absolute atomic E-state index is 0.0715. The minimum atomic E-state index is -0.485. The summed E-state index contributed by atoms with van der Waals surface area (Å²) in [6, 6.07) is 0.113. The second-order valence-electron chi connectivity index (χ2n) is 7.16. The van der Waals surface area contributed by atoms with Crippen LogP contribution in [0.5, 0.6) is 0 Å². The summed E-state index contributed by atoms with van der Waals surface area (Å²) in [5.41, 5.74) is 0.425. The van der Waals surface area contributed by atoms with Gasteiger partial charge in [-0.1, -0.05) is 12.2 Å². The zero-order valence-electron chi connectivity index (χ0n) is 14.7. The van der Waals surface area contributed by atoms with Crippen molar-refractivity contribution in [1.29, 1.82) is 0 Å². The zero-order chi connectivity index (χ0) is 17.5. The third kappa shape index (κ3) is 9.23. The third-order valence-electron chi connectivity index (χ3n) is 3.43. The van der Waals surface area contributed by atoms with Gasteiger partial charge in [-0.2, -0.15) is 0 Å². The summed E-state index contributed by atoms with van der Waals surface area (Å²) in [5, 5.41) is 5.63. The summed E-state index contributed by atoms with van der Waals surface area (Å²) in [6.07, 6.45) is 3.01. The van der Waals surface area contributed by atoms with E-state index in [2.05, 4.69) is 17.2 Å². The van der Waals surface area contributed by atoms with Crippen molar-refractivity contribution in [1.82, 2.24) is 10.6 Å². The molecule has 23 heavy (non-hydrogen) atoms. The highest BCUT2D eigenvalue weighted by molar-refractivity contribution is 5.77. The number of amides is 2. The van der Waals surface area contributed by atoms with E-state index in [1.165, 1.54) is 0 Å². The number of nitrogens with one attached hydrogen (secondary N) is 2. The van der Waals surface area contributed by atoms with Crippen molar-refractivity contribution in [2.45, 2.75) is 71.1 Å². The van der Waals surface area contributed by atoms with Gasteiger partial charge in [-0.25, -0.2) is 4.79 Å². The lowest BCUT2D eigenvalue weighted by Crippen LogP contribution is -2.42. The van der Waals surface area contributed by atoms with Gasteiger partial charge in [-0.15, -0.1) is 0 Å². The predicted molar refractivity (Wildman–Crippen MR) is 89.2 cm³/mol. The average molecular weight is 326 g/mol. The summed E-state index contributed by atoms with van der Waals surface area (Å²) in [7, 11) is 0. The van der Waals surface area contributed by atoms with Gasteiger partial charge in [0.25, 0.3) is 0 Å². The molecule has 0 saturated heterocycles. The lowest BCUT2D eigenvalue weighted by atomic mass is 9.93. The molecular weight excluding hydrogens is 296 g/mol. The summed E-state index contributed by atoms with van der Waals surface area (Å²) in [5.74, 6) is -0.123. The van der Waals surface area contributed by atoms with E-state index in [0.29, 0.717) is 6.54 Å². The number of ether oxygens (including phenoxy) is 2. The third-order valence-corrected chi connectivity index (χ3v) is 3.43. The number of hydrogen-bond acceptors (Lipinski definition) is 4. The van der Waals surface area contributed by atoms with Crippen molar-refractivity contribution in [2.24, 2.45) is 0 Å². The van der Waals surface area contributed by atoms with Gasteiger partial charge in [-0.05, 0) is 53.4 Å². The molecule has 0 aliphatic heterocycles. The smallest absolute Gasteiger partial charge is 0.407 e. The Morgan fingerprint density at radius 2 is 1.78 bits per heavy atom. The predicted octanol–water partition coefficient (Wildman–Crippen LogP) is 2.53. The molecule has 0 atom stereocenters. The Labute approximate surface area is 139 Å². The normalized spacial score (nSPS) is 21.4. The van der Waals surface area contributed by atoms with Crippen molar-refractivity contribution < 1.29 is 19.1 Å². The van der Waals surface area contributed by atoms with E-state index < -0.39 is 5.60 Å². The van der Waals surface area contributed by atoms with Gasteiger partial charge < -0.3 is 20.1 Å². The van der Waals surface area contributed by atoms with Gasteiger partial charge in [0.1, 0.15) is 12.2 Å². The highest BCUT2D eigenvalue weighted by Crippen LogP contribution is 2.21. The topological polar surface area (TPSA) is 76.7 Å². The lowest BCUT2D eigenvalue weighted by molar-refractivity contribution is -0.128. The van der Waals surface area contributed by atoms with Gasteiger partial charge in [0.05, 0.1) is 6.10 Å². The summed E-state index contributed by atoms with van der Waals surface area (Å²) >= 11 is 0. The van der Waals surface area contributed by atoms with Crippen LogP contribution in [0.15, 0.2) is 12.2 Å². The van der Waals surface area contributed by atoms with Crippen LogP contribution in [-0.4, -0.2) is 42.9 Å². The highest BCUT2D eigenvalue weighted by atomic mass is 16.6. The highest BCUT2D eigenvalue weighted by Gasteiger charge is 2.25. The summed E-state index contributed by atoms with van der Waals surface area (Å²) in [4.78, 5) is 23.3. The molecule has 1 rings (SSSR count). The maximum absolute atomic E-state index is 11.7. The lowest BCUT2D eigenvalue weighted by Gasteiger charge is -2.30. The molecule has 0 spiro atoms. The van der Waals surface area contributed by atoms with Crippen molar-refractivity contribution >= 4 is 12.0 Å². The maximum atomic E-state index is 11.7. The van der Waals surface area contributed by atoms with Crippen LogP contribution in [0.3, 0.4) is 0 Å². The van der Waals surface area contributed by atoms with Gasteiger partial charge in [-0.3, -0.25) is 4.79 Å². The first-order valence-corrected chi connectivity index (χ1v) is 8.18. The molecule has 132 valence electrons. The molecule has 0 radical (unpaired) electrons. The fourth-order valence-corrected chi connectivity index (χ4v) is 2.34. The van der Waals surface area contributed by atoms with Crippen molar-refractivity contribution in [3.8, 4) is 0 Å². The average Bonchev–Trinajstić information content (AvgIpc) is 2.42. The van der Waals surface area contributed by atoms with Crippen LogP contribution in [0.25, 0.3) is 0 Å². The molecule has 6 nitrogen and oxygen atoms in total. The second kappa shape index (κ2) is 8.91. The first-order valence-electron chi connectivity index (χ1n) is 8.18. The Hall–Kier alpha value is -1.56. The molecule has 0 bridgehead atoms. The molecule has 1 fully saturated rings. The SMILES string of the molecule is C=C(C)CNC(=O)COC1CCC(NC(=O)OC(C)(C)C)CC1. The fourth-order valence-electron chi connectivity index (χ4n) is 2.34. The van der Waals surface area contributed by atoms with E-state index >= 15 is 0 Å². The van der Waals surface area contributed by atoms with E-state index in [4.69, 9.17) is 9.47 Å². The van der Waals surface area contributed by atoms with Crippen molar-refractivity contribution in [2.75, 3.05) is 13.2 Å². The molecular formula is C17H30N2O4. The van der Waals surface area contributed by atoms with Crippen LogP contribution in [0, 0.1) is 0 Å². The molecule has 2 amide bonds. The Morgan fingerprint density at radius 3 is 2.30 bits per heavy atom. The molecule has 1 aliphatic carbocycles. The van der Waals surface area contributed by atoms with Crippen LogP contribution >= 0.6 is 0 Å². The van der Waals surface area contributed by atoms with E-state index in [1.807, 2.05) is 27.7 Å². The molecule has 2 N–H and O–H groups in total. The molecule has 0 aromatic rings. The monoisotopic (exact) mass is 326 g/mol. The van der Waals surface area contributed by atoms with Crippen molar-refractivity contribution in [3.05, 3.63) is 12.2 Å². The van der Waals surface area contributed by atoms with Crippen LogP contribution < -0.4 is 10.6 Å². The van der Waals surface area contributed by atoms with E-state index in [0.717, 1.165) is 31.3 Å². The minimum Gasteiger partial charge on any atom is -0.444 e. The van der Waals surface area contributed by atoms with Crippen LogP contribution in [0.4, 0.5) is 4.79 Å². The van der Waals surface area contributed by atoms with Crippen LogP contribution in [0.2, 0.25) is 0 Å². The Bertz CT molecular complexity index is 421. The molecule has 0 unspecified atom stereocenters. The van der Waals surface area contributed by atoms with Crippen molar-refractivity contribution in [3.63, 3.8) is 0 Å². The molecule has 1 saturated carbocycles. The van der Waals surface area contributed by atoms with Crippen LogP contribution in [-0.2, 0) is 14.3 Å². The molecule has 6 heteroatoms. The maximum Gasteiger partial charge on any atom is 0.407 e. The zero-order valence-corrected chi connectivity index (χ0v) is 14.7. The summed E-state index contributed by atoms with van der Waals surface area (Å²) in [6.45, 7) is 11.7. The van der Waals surface area contributed by atoms with E-state index in [1.54, 1.807) is 0 Å². The van der Waals surface area contributed by atoms with Gasteiger partial charge in [0.15, 0.2) is 0 Å². The van der Waals surface area contributed by atoms with E-state index in [9.17, 15) is 9.59 Å². The Balaban J connectivity index is 2.19. The van der Waals surface area contributed by atoms with Gasteiger partial charge >= 0.3 is 6.09 Å². The first-order chi connectivity index (χ1) is 10.7. The standard InChI is InChI=1S/C17H30N2O4/c1-12(2)10-18-15(20)11-22-14-8-6-13(7-9-14)19-16(21)23-17(3,4)5/h13-14H,1,6-11H2,2-5H3,(H,18,20)(H,19,21). The number of carbonyl (C=O) groups excluding carboxylic acids is 2. The largest absolute Gasteiger partial charge is 0.444 e. The number of carbonyl (C=O) groups is 2. The number of rotatable bonds is 6. The Morgan fingerprint density at radius 1 is 1.17 bits per heavy atom. The second-order valence-corrected chi connectivity index (χ2v) is 7.16. The molecule has 0 heterocycles.